The summed E-state index contributed by atoms with van der Waals surface area (Å²) in [6.45, 7) is 1.81. The average Bonchev–Trinajstić information content (AvgIpc) is 3.07. The van der Waals surface area contributed by atoms with Gasteiger partial charge in [-0.1, -0.05) is 42.5 Å². The predicted octanol–water partition coefficient (Wildman–Crippen LogP) is 4.38. The largest absolute Gasteiger partial charge is 0.343 e. The second-order valence-electron chi connectivity index (χ2n) is 7.92. The number of rotatable bonds is 6. The van der Waals surface area contributed by atoms with E-state index in [1.807, 2.05) is 25.2 Å². The minimum absolute atomic E-state index is 0.272. The topological polar surface area (TPSA) is 38.1 Å². The molecule has 1 amide bonds. The Bertz CT molecular complexity index is 923. The third-order valence-electron chi connectivity index (χ3n) is 6.09. The van der Waals surface area contributed by atoms with Crippen molar-refractivity contribution in [2.75, 3.05) is 13.1 Å². The first-order valence-corrected chi connectivity index (χ1v) is 10.4. The van der Waals surface area contributed by atoms with Crippen LogP contribution in [0.3, 0.4) is 0 Å². The number of fused-ring (bicyclic) bond motifs is 1. The highest BCUT2D eigenvalue weighted by atomic mass is 16.2. The Morgan fingerprint density at radius 3 is 2.46 bits per heavy atom. The molecule has 1 saturated heterocycles. The molecule has 0 bridgehead atoms. The second kappa shape index (κ2) is 8.59. The van der Waals surface area contributed by atoms with Crippen molar-refractivity contribution < 1.29 is 4.79 Å². The molecule has 1 aromatic heterocycles. The van der Waals surface area contributed by atoms with Crippen molar-refractivity contribution in [2.45, 2.75) is 38.5 Å². The summed E-state index contributed by atoms with van der Waals surface area (Å²) in [5, 5.41) is 0. The molecule has 4 heteroatoms. The first-order chi connectivity index (χ1) is 13.7. The first kappa shape index (κ1) is 18.7. The Morgan fingerprint density at radius 1 is 1.00 bits per heavy atom. The van der Waals surface area contributed by atoms with Gasteiger partial charge in [0.05, 0.1) is 11.0 Å². The van der Waals surface area contributed by atoms with Crippen LogP contribution in [0.25, 0.3) is 11.0 Å². The third kappa shape index (κ3) is 4.27. The Kier molecular flexibility index (Phi) is 5.75. The molecule has 146 valence electrons. The van der Waals surface area contributed by atoms with E-state index in [1.54, 1.807) is 0 Å². The standard InChI is InChI=1S/C24H29N3O/c1-26-22-10-6-5-9-21(22)25-23(26)13-14-24(28)27-17-15-20(16-18-27)12-11-19-7-3-2-4-8-19/h2-10,20H,11-18H2,1H3. The summed E-state index contributed by atoms with van der Waals surface area (Å²) in [4.78, 5) is 19.4. The molecule has 2 heterocycles. The van der Waals surface area contributed by atoms with Crippen LogP contribution in [0.1, 0.15) is 37.1 Å². The van der Waals surface area contributed by atoms with Crippen LogP contribution >= 0.6 is 0 Å². The molecule has 1 fully saturated rings. The number of carbonyl (C=O) groups is 1. The molecular formula is C24H29N3O. The molecule has 1 aliphatic rings. The molecule has 0 atom stereocenters. The lowest BCUT2D eigenvalue weighted by atomic mass is 9.90. The number of aromatic nitrogens is 2. The van der Waals surface area contributed by atoms with Crippen LogP contribution in [-0.2, 0) is 24.7 Å². The molecule has 3 aromatic rings. The van der Waals surface area contributed by atoms with Crippen molar-refractivity contribution in [1.82, 2.24) is 14.5 Å². The fraction of sp³-hybridized carbons (Fsp3) is 0.417. The van der Waals surface area contributed by atoms with Gasteiger partial charge in [0.15, 0.2) is 0 Å². The number of benzene rings is 2. The first-order valence-electron chi connectivity index (χ1n) is 10.4. The zero-order valence-electron chi connectivity index (χ0n) is 16.7. The van der Waals surface area contributed by atoms with Gasteiger partial charge in [-0.05, 0) is 49.3 Å². The molecule has 0 unspecified atom stereocenters. The summed E-state index contributed by atoms with van der Waals surface area (Å²) in [6.07, 6.45) is 5.89. The molecule has 1 aliphatic heterocycles. The molecule has 4 rings (SSSR count). The van der Waals surface area contributed by atoms with E-state index in [0.717, 1.165) is 55.1 Å². The Hall–Kier alpha value is -2.62. The van der Waals surface area contributed by atoms with Gasteiger partial charge in [-0.3, -0.25) is 4.79 Å². The average molecular weight is 376 g/mol. The van der Waals surface area contributed by atoms with Crippen molar-refractivity contribution in [3.8, 4) is 0 Å². The summed E-state index contributed by atoms with van der Waals surface area (Å²) < 4.78 is 2.11. The van der Waals surface area contributed by atoms with Gasteiger partial charge in [0.2, 0.25) is 5.91 Å². The van der Waals surface area contributed by atoms with Crippen molar-refractivity contribution in [3.05, 3.63) is 66.0 Å². The summed E-state index contributed by atoms with van der Waals surface area (Å²) >= 11 is 0. The van der Waals surface area contributed by atoms with Gasteiger partial charge in [-0.2, -0.15) is 0 Å². The molecule has 0 radical (unpaired) electrons. The van der Waals surface area contributed by atoms with E-state index in [4.69, 9.17) is 0 Å². The molecule has 0 spiro atoms. The maximum Gasteiger partial charge on any atom is 0.223 e. The molecule has 0 N–H and O–H groups in total. The fourth-order valence-corrected chi connectivity index (χ4v) is 4.28. The van der Waals surface area contributed by atoms with Crippen molar-refractivity contribution in [1.29, 1.82) is 0 Å². The number of piperidine rings is 1. The van der Waals surface area contributed by atoms with Gasteiger partial charge >= 0.3 is 0 Å². The van der Waals surface area contributed by atoms with E-state index in [-0.39, 0.29) is 5.91 Å². The highest BCUT2D eigenvalue weighted by Gasteiger charge is 2.22. The number of carbonyl (C=O) groups excluding carboxylic acids is 1. The number of amides is 1. The minimum Gasteiger partial charge on any atom is -0.343 e. The summed E-state index contributed by atoms with van der Waals surface area (Å²) in [7, 11) is 2.04. The number of hydrogen-bond acceptors (Lipinski definition) is 2. The van der Waals surface area contributed by atoms with Gasteiger partial charge in [0, 0.05) is 33.0 Å². The minimum atomic E-state index is 0.272. The highest BCUT2D eigenvalue weighted by Crippen LogP contribution is 2.23. The van der Waals surface area contributed by atoms with Gasteiger partial charge < -0.3 is 9.47 Å². The summed E-state index contributed by atoms with van der Waals surface area (Å²) in [5.41, 5.74) is 3.55. The van der Waals surface area contributed by atoms with E-state index < -0.39 is 0 Å². The second-order valence-corrected chi connectivity index (χ2v) is 7.92. The number of para-hydroxylation sites is 2. The predicted molar refractivity (Wildman–Crippen MR) is 113 cm³/mol. The third-order valence-corrected chi connectivity index (χ3v) is 6.09. The van der Waals surface area contributed by atoms with Crippen molar-refractivity contribution in [2.24, 2.45) is 13.0 Å². The number of aryl methyl sites for hydroxylation is 3. The molecule has 2 aromatic carbocycles. The van der Waals surface area contributed by atoms with Crippen LogP contribution < -0.4 is 0 Å². The van der Waals surface area contributed by atoms with E-state index >= 15 is 0 Å². The number of hydrogen-bond donors (Lipinski definition) is 0. The number of nitrogens with zero attached hydrogens (tertiary/aromatic N) is 3. The maximum atomic E-state index is 12.7. The highest BCUT2D eigenvalue weighted by molar-refractivity contribution is 5.78. The SMILES string of the molecule is Cn1c(CCC(=O)N2CCC(CCc3ccccc3)CC2)nc2ccccc21. The number of imidazole rings is 1. The molecule has 0 saturated carbocycles. The van der Waals surface area contributed by atoms with Crippen molar-refractivity contribution >= 4 is 16.9 Å². The molecule has 28 heavy (non-hydrogen) atoms. The lowest BCUT2D eigenvalue weighted by Crippen LogP contribution is -2.38. The number of likely N-dealkylation sites (tertiary alicyclic amines) is 1. The van der Waals surface area contributed by atoms with Crippen LogP contribution in [-0.4, -0.2) is 33.4 Å². The molecular weight excluding hydrogens is 346 g/mol. The monoisotopic (exact) mass is 375 g/mol. The van der Waals surface area contributed by atoms with Crippen LogP contribution in [0.5, 0.6) is 0 Å². The quantitative estimate of drug-likeness (QED) is 0.641. The molecule has 4 nitrogen and oxygen atoms in total. The zero-order chi connectivity index (χ0) is 19.3. The van der Waals surface area contributed by atoms with Crippen molar-refractivity contribution in [3.63, 3.8) is 0 Å². The summed E-state index contributed by atoms with van der Waals surface area (Å²) in [5.74, 6) is 2.00. The van der Waals surface area contributed by atoms with Crippen LogP contribution in [0.4, 0.5) is 0 Å². The van der Waals surface area contributed by atoms with E-state index in [0.29, 0.717) is 12.8 Å². The van der Waals surface area contributed by atoms with Crippen LogP contribution in [0, 0.1) is 5.92 Å². The van der Waals surface area contributed by atoms with E-state index in [2.05, 4.69) is 50.8 Å². The Balaban J connectivity index is 1.24. The Morgan fingerprint density at radius 2 is 1.71 bits per heavy atom. The molecule has 0 aliphatic carbocycles. The fourth-order valence-electron chi connectivity index (χ4n) is 4.28. The van der Waals surface area contributed by atoms with E-state index in [1.165, 1.54) is 12.0 Å². The smallest absolute Gasteiger partial charge is 0.223 e. The maximum absolute atomic E-state index is 12.7. The van der Waals surface area contributed by atoms with Gasteiger partial charge in [-0.15, -0.1) is 0 Å². The van der Waals surface area contributed by atoms with Gasteiger partial charge in [-0.25, -0.2) is 4.98 Å². The lowest BCUT2D eigenvalue weighted by molar-refractivity contribution is -0.132. The van der Waals surface area contributed by atoms with Crippen LogP contribution in [0.15, 0.2) is 54.6 Å². The Labute approximate surface area is 167 Å². The van der Waals surface area contributed by atoms with Gasteiger partial charge in [0.25, 0.3) is 0 Å². The zero-order valence-corrected chi connectivity index (χ0v) is 16.7. The normalized spacial score (nSPS) is 15.2. The van der Waals surface area contributed by atoms with Crippen LogP contribution in [0.2, 0.25) is 0 Å². The lowest BCUT2D eigenvalue weighted by Gasteiger charge is -2.32. The van der Waals surface area contributed by atoms with E-state index in [9.17, 15) is 4.79 Å². The summed E-state index contributed by atoms with van der Waals surface area (Å²) in [6, 6.07) is 18.9. The van der Waals surface area contributed by atoms with Gasteiger partial charge in [0.1, 0.15) is 5.82 Å².